The van der Waals surface area contributed by atoms with Crippen LogP contribution in [0.2, 0.25) is 0 Å². The number of nitrogens with two attached hydrogens (primary N) is 1. The van der Waals surface area contributed by atoms with Crippen LogP contribution < -0.4 is 16.0 Å². The Balaban J connectivity index is 1.70. The molecule has 1 aromatic heterocycles. The van der Waals surface area contributed by atoms with Crippen molar-refractivity contribution in [1.29, 1.82) is 0 Å². The first-order chi connectivity index (χ1) is 14.1. The van der Waals surface area contributed by atoms with E-state index >= 15 is 0 Å². The number of nitrogen functional groups attached to an aromatic ring is 1. The summed E-state index contributed by atoms with van der Waals surface area (Å²) >= 11 is 0. The van der Waals surface area contributed by atoms with E-state index in [1.807, 2.05) is 30.9 Å². The van der Waals surface area contributed by atoms with Crippen LogP contribution in [0.1, 0.15) is 39.0 Å². The van der Waals surface area contributed by atoms with Crippen molar-refractivity contribution >= 4 is 29.4 Å². The molecule has 8 nitrogen and oxygen atoms in total. The molecular weight excluding hydrogens is 380 g/mol. The van der Waals surface area contributed by atoms with Crippen LogP contribution in [0, 0.1) is 0 Å². The van der Waals surface area contributed by atoms with Gasteiger partial charge in [-0.05, 0) is 37.6 Å². The van der Waals surface area contributed by atoms with Crippen LogP contribution in [-0.4, -0.2) is 51.7 Å². The van der Waals surface area contributed by atoms with Gasteiger partial charge in [0.1, 0.15) is 6.04 Å². The highest BCUT2D eigenvalue weighted by atomic mass is 16.2. The second-order valence-corrected chi connectivity index (χ2v) is 9.26. The Morgan fingerprint density at radius 2 is 2.07 bits per heavy atom. The molecule has 30 heavy (non-hydrogen) atoms. The van der Waals surface area contributed by atoms with Crippen molar-refractivity contribution in [1.82, 2.24) is 14.9 Å². The third-order valence-electron chi connectivity index (χ3n) is 6.37. The number of nitrogens with one attached hydrogen (secondary N) is 1. The quantitative estimate of drug-likeness (QED) is 0.571. The summed E-state index contributed by atoms with van der Waals surface area (Å²) in [5.41, 5.74) is 9.24. The van der Waals surface area contributed by atoms with Crippen LogP contribution in [0.25, 0.3) is 0 Å². The van der Waals surface area contributed by atoms with Crippen molar-refractivity contribution in [2.24, 2.45) is 0 Å². The first kappa shape index (κ1) is 20.3. The number of Topliss-reactive ketones (excluding diaryl/α,β-unsaturated/α-hetero) is 1. The van der Waals surface area contributed by atoms with E-state index in [0.717, 1.165) is 23.6 Å². The number of fused-ring (bicyclic) bond motifs is 1. The fourth-order valence-electron chi connectivity index (χ4n) is 4.61. The molecule has 2 aliphatic rings. The molecule has 0 spiro atoms. The highest BCUT2D eigenvalue weighted by Crippen LogP contribution is 2.41. The molecule has 2 aromatic rings. The first-order valence-corrected chi connectivity index (χ1v) is 10.1. The molecule has 3 heterocycles. The summed E-state index contributed by atoms with van der Waals surface area (Å²) in [6.07, 6.45) is 2.06. The van der Waals surface area contributed by atoms with E-state index in [4.69, 9.17) is 5.73 Å². The van der Waals surface area contributed by atoms with Crippen LogP contribution in [0.4, 0.5) is 17.3 Å². The minimum Gasteiger partial charge on any atom is -0.384 e. The highest BCUT2D eigenvalue weighted by molar-refractivity contribution is 6.29. The van der Waals surface area contributed by atoms with Crippen molar-refractivity contribution in [3.05, 3.63) is 41.7 Å². The molecule has 1 aromatic carbocycles. The molecule has 0 radical (unpaired) electrons. The minimum absolute atomic E-state index is 0.0646. The van der Waals surface area contributed by atoms with E-state index in [2.05, 4.69) is 46.2 Å². The third kappa shape index (κ3) is 3.31. The van der Waals surface area contributed by atoms with Gasteiger partial charge < -0.3 is 16.0 Å². The number of carbonyl (C=O) groups excluding carboxylic acids is 2. The number of hydrogen-bond donors (Lipinski definition) is 2. The first-order valence-electron chi connectivity index (χ1n) is 10.1. The molecule has 1 fully saturated rings. The standard InChI is InChI=1S/C22H28N6O2/c1-21(2)12-25-17-9-15(5-6-16(17)21)28-13-27(10-14-7-8-24-20(23)26-14)22(3,4)19(28)18(30)11-29/h5-9,11,19,25H,10,12-13H2,1-4H3,(H2,23,24,26). The van der Waals surface area contributed by atoms with Crippen molar-refractivity contribution in [2.75, 3.05) is 29.2 Å². The Morgan fingerprint density at radius 3 is 2.77 bits per heavy atom. The van der Waals surface area contributed by atoms with E-state index in [1.165, 1.54) is 5.56 Å². The van der Waals surface area contributed by atoms with Gasteiger partial charge in [0, 0.05) is 41.6 Å². The molecule has 1 saturated heterocycles. The fourth-order valence-corrected chi connectivity index (χ4v) is 4.61. The smallest absolute Gasteiger partial charge is 0.220 e. The van der Waals surface area contributed by atoms with E-state index in [0.29, 0.717) is 19.5 Å². The van der Waals surface area contributed by atoms with E-state index < -0.39 is 17.4 Å². The zero-order valence-electron chi connectivity index (χ0n) is 17.8. The number of benzene rings is 1. The number of nitrogens with zero attached hydrogens (tertiary/aromatic N) is 4. The van der Waals surface area contributed by atoms with Gasteiger partial charge in [-0.15, -0.1) is 0 Å². The fraction of sp³-hybridized carbons (Fsp3) is 0.455. The SMILES string of the molecule is CC1(C)CNc2cc(N3CN(Cc4ccnc(N)n4)C(C)(C)C3C(=O)C=O)ccc21. The number of ketones is 1. The van der Waals surface area contributed by atoms with Crippen LogP contribution in [0.3, 0.4) is 0 Å². The van der Waals surface area contributed by atoms with Crippen molar-refractivity contribution in [3.63, 3.8) is 0 Å². The summed E-state index contributed by atoms with van der Waals surface area (Å²) in [6.45, 7) is 10.2. The van der Waals surface area contributed by atoms with Gasteiger partial charge in [-0.25, -0.2) is 9.97 Å². The van der Waals surface area contributed by atoms with E-state index in [1.54, 1.807) is 6.20 Å². The summed E-state index contributed by atoms with van der Waals surface area (Å²) in [6, 6.07) is 7.46. The van der Waals surface area contributed by atoms with Gasteiger partial charge in [-0.2, -0.15) is 0 Å². The van der Waals surface area contributed by atoms with Crippen molar-refractivity contribution in [2.45, 2.75) is 51.2 Å². The number of hydrogen-bond acceptors (Lipinski definition) is 8. The van der Waals surface area contributed by atoms with Crippen molar-refractivity contribution < 1.29 is 9.59 Å². The lowest BCUT2D eigenvalue weighted by atomic mass is 9.86. The van der Waals surface area contributed by atoms with Gasteiger partial charge in [0.2, 0.25) is 11.7 Å². The molecule has 8 heteroatoms. The zero-order valence-corrected chi connectivity index (χ0v) is 17.8. The Labute approximate surface area is 176 Å². The van der Waals surface area contributed by atoms with Gasteiger partial charge >= 0.3 is 0 Å². The van der Waals surface area contributed by atoms with E-state index in [9.17, 15) is 9.59 Å². The van der Waals surface area contributed by atoms with Gasteiger partial charge in [0.05, 0.1) is 12.4 Å². The monoisotopic (exact) mass is 408 g/mol. The van der Waals surface area contributed by atoms with Crippen LogP contribution in [-0.2, 0) is 21.5 Å². The second kappa shape index (κ2) is 7.05. The predicted molar refractivity (Wildman–Crippen MR) is 116 cm³/mol. The van der Waals surface area contributed by atoms with Gasteiger partial charge in [-0.3, -0.25) is 14.5 Å². The molecule has 0 amide bonds. The lowest BCUT2D eigenvalue weighted by Crippen LogP contribution is -2.51. The molecule has 1 unspecified atom stereocenters. The summed E-state index contributed by atoms with van der Waals surface area (Å²) in [7, 11) is 0. The Hall–Kier alpha value is -3.00. The summed E-state index contributed by atoms with van der Waals surface area (Å²) < 4.78 is 0. The molecule has 158 valence electrons. The molecule has 3 N–H and O–H groups in total. The number of anilines is 3. The van der Waals surface area contributed by atoms with Crippen LogP contribution >= 0.6 is 0 Å². The average molecular weight is 409 g/mol. The largest absolute Gasteiger partial charge is 0.384 e. The maximum absolute atomic E-state index is 12.7. The number of aldehydes is 1. The molecule has 1 atom stereocenters. The normalized spacial score (nSPS) is 21.9. The Bertz CT molecular complexity index is 1000. The molecular formula is C22H28N6O2. The molecule has 0 bridgehead atoms. The lowest BCUT2D eigenvalue weighted by Gasteiger charge is -2.34. The molecule has 2 aliphatic heterocycles. The van der Waals surface area contributed by atoms with Gasteiger partial charge in [0.25, 0.3) is 0 Å². The topological polar surface area (TPSA) is 104 Å². The third-order valence-corrected chi connectivity index (χ3v) is 6.37. The maximum atomic E-state index is 12.7. The Morgan fingerprint density at radius 1 is 1.30 bits per heavy atom. The van der Waals surface area contributed by atoms with Crippen LogP contribution in [0.5, 0.6) is 0 Å². The second-order valence-electron chi connectivity index (χ2n) is 9.26. The zero-order chi connectivity index (χ0) is 21.7. The van der Waals surface area contributed by atoms with E-state index in [-0.39, 0.29) is 11.4 Å². The van der Waals surface area contributed by atoms with Gasteiger partial charge in [0.15, 0.2) is 6.29 Å². The summed E-state index contributed by atoms with van der Waals surface area (Å²) in [5, 5.41) is 3.46. The number of carbonyl (C=O) groups is 2. The van der Waals surface area contributed by atoms with Crippen molar-refractivity contribution in [3.8, 4) is 0 Å². The minimum atomic E-state index is -0.596. The highest BCUT2D eigenvalue weighted by Gasteiger charge is 2.50. The maximum Gasteiger partial charge on any atom is 0.220 e. The lowest BCUT2D eigenvalue weighted by molar-refractivity contribution is -0.131. The molecule has 4 rings (SSSR count). The number of rotatable bonds is 5. The predicted octanol–water partition coefficient (Wildman–Crippen LogP) is 1.96. The Kier molecular flexibility index (Phi) is 4.77. The van der Waals surface area contributed by atoms with Gasteiger partial charge in [-0.1, -0.05) is 19.9 Å². The summed E-state index contributed by atoms with van der Waals surface area (Å²) in [5.74, 6) is -0.215. The summed E-state index contributed by atoms with van der Waals surface area (Å²) in [4.78, 5) is 36.6. The average Bonchev–Trinajstić information content (AvgIpc) is 3.14. The molecule has 0 aliphatic carbocycles. The molecule has 0 saturated carbocycles. The van der Waals surface area contributed by atoms with Crippen LogP contribution in [0.15, 0.2) is 30.5 Å². The number of aromatic nitrogens is 2.